The van der Waals surface area contributed by atoms with Gasteiger partial charge < -0.3 is 14.3 Å². The van der Waals surface area contributed by atoms with Crippen molar-refractivity contribution in [2.24, 2.45) is 5.92 Å². The van der Waals surface area contributed by atoms with Crippen LogP contribution in [0.5, 0.6) is 0 Å². The molecule has 1 amide bonds. The van der Waals surface area contributed by atoms with Crippen molar-refractivity contribution in [1.29, 1.82) is 0 Å². The van der Waals surface area contributed by atoms with Gasteiger partial charge in [0.1, 0.15) is 0 Å². The molecule has 6 heteroatoms. The third-order valence-electron chi connectivity index (χ3n) is 4.49. The van der Waals surface area contributed by atoms with Gasteiger partial charge in [-0.05, 0) is 36.0 Å². The summed E-state index contributed by atoms with van der Waals surface area (Å²) in [6.45, 7) is 0.722. The Bertz CT molecular complexity index is 827. The molecule has 3 aromatic rings. The summed E-state index contributed by atoms with van der Waals surface area (Å²) in [6, 6.07) is 14.0. The van der Waals surface area contributed by atoms with Gasteiger partial charge in [-0.15, -0.1) is 0 Å². The van der Waals surface area contributed by atoms with E-state index in [1.165, 1.54) is 5.56 Å². The minimum Gasteiger partial charge on any atom is -0.461 e. The van der Waals surface area contributed by atoms with Gasteiger partial charge in [-0.25, -0.2) is 0 Å². The lowest BCUT2D eigenvalue weighted by Gasteiger charge is -2.04. The van der Waals surface area contributed by atoms with Gasteiger partial charge in [0.05, 0.1) is 6.26 Å². The summed E-state index contributed by atoms with van der Waals surface area (Å²) in [6.07, 6.45) is 3.45. The van der Waals surface area contributed by atoms with Gasteiger partial charge in [0.15, 0.2) is 5.76 Å². The highest BCUT2D eigenvalue weighted by atomic mass is 16.5. The first kappa shape index (κ1) is 15.6. The van der Waals surface area contributed by atoms with Gasteiger partial charge in [-0.1, -0.05) is 35.5 Å². The number of aryl methyl sites for hydroxylation is 1. The molecule has 0 saturated heterocycles. The van der Waals surface area contributed by atoms with Crippen LogP contribution >= 0.6 is 0 Å². The Balaban J connectivity index is 1.20. The Morgan fingerprint density at radius 2 is 2.08 bits per heavy atom. The summed E-state index contributed by atoms with van der Waals surface area (Å²) in [5.41, 5.74) is 1.36. The first-order chi connectivity index (χ1) is 12.3. The molecule has 0 spiro atoms. The molecule has 2 atom stereocenters. The molecule has 2 heterocycles. The molecule has 4 rings (SSSR count). The number of benzene rings is 1. The number of hydrogen-bond acceptors (Lipinski definition) is 5. The van der Waals surface area contributed by atoms with Crippen molar-refractivity contribution < 1.29 is 13.7 Å². The van der Waals surface area contributed by atoms with Crippen LogP contribution in [-0.2, 0) is 11.2 Å². The van der Waals surface area contributed by atoms with E-state index in [1.807, 2.05) is 6.07 Å². The van der Waals surface area contributed by atoms with E-state index in [-0.39, 0.29) is 5.91 Å². The lowest BCUT2D eigenvalue weighted by molar-refractivity contribution is -0.121. The number of nitrogens with one attached hydrogen (secondary N) is 1. The average molecular weight is 337 g/mol. The Hall–Kier alpha value is -2.89. The van der Waals surface area contributed by atoms with Gasteiger partial charge in [0.2, 0.25) is 17.6 Å². The van der Waals surface area contributed by atoms with Crippen LogP contribution in [0.2, 0.25) is 0 Å². The Kier molecular flexibility index (Phi) is 4.33. The van der Waals surface area contributed by atoms with E-state index in [9.17, 15) is 4.79 Å². The van der Waals surface area contributed by atoms with Gasteiger partial charge in [0, 0.05) is 19.4 Å². The van der Waals surface area contributed by atoms with E-state index in [0.717, 1.165) is 13.0 Å². The minimum absolute atomic E-state index is 0.0106. The van der Waals surface area contributed by atoms with Crippen molar-refractivity contribution in [2.45, 2.75) is 25.2 Å². The fourth-order valence-electron chi connectivity index (χ4n) is 3.00. The lowest BCUT2D eigenvalue weighted by atomic mass is 10.1. The molecule has 0 radical (unpaired) electrons. The van der Waals surface area contributed by atoms with Crippen molar-refractivity contribution in [1.82, 2.24) is 15.5 Å². The maximum atomic E-state index is 12.0. The van der Waals surface area contributed by atoms with Gasteiger partial charge in [-0.3, -0.25) is 4.79 Å². The van der Waals surface area contributed by atoms with Crippen molar-refractivity contribution in [3.8, 4) is 11.6 Å². The van der Waals surface area contributed by atoms with Crippen LogP contribution < -0.4 is 5.32 Å². The molecule has 0 aliphatic heterocycles. The summed E-state index contributed by atoms with van der Waals surface area (Å²) in [7, 11) is 0. The predicted octanol–water partition coefficient (Wildman–Crippen LogP) is 3.18. The highest BCUT2D eigenvalue weighted by molar-refractivity contribution is 5.76. The Morgan fingerprint density at radius 3 is 2.88 bits per heavy atom. The fraction of sp³-hybridized carbons (Fsp3) is 0.316. The standard InChI is InChI=1S/C19H19N3O3/c23-17(20-12-14-11-15(14)13-5-2-1-3-6-13)8-9-18-21-19(22-25-18)16-7-4-10-24-16/h1-7,10,14-15H,8-9,11-12H2,(H,20,23)/t14-,15+/m1/s1. The van der Waals surface area contributed by atoms with Crippen LogP contribution in [0.1, 0.15) is 30.2 Å². The molecule has 1 aliphatic rings. The smallest absolute Gasteiger partial charge is 0.238 e. The molecule has 1 aliphatic carbocycles. The van der Waals surface area contributed by atoms with Crippen LogP contribution in [0.25, 0.3) is 11.6 Å². The fourth-order valence-corrected chi connectivity index (χ4v) is 3.00. The summed E-state index contributed by atoms with van der Waals surface area (Å²) in [5, 5.41) is 6.85. The molecular formula is C19H19N3O3. The van der Waals surface area contributed by atoms with Gasteiger partial charge in [0.25, 0.3) is 0 Å². The highest BCUT2D eigenvalue weighted by Crippen LogP contribution is 2.46. The largest absolute Gasteiger partial charge is 0.461 e. The summed E-state index contributed by atoms with van der Waals surface area (Å²) in [5.74, 6) is 2.53. The van der Waals surface area contributed by atoms with E-state index in [0.29, 0.717) is 42.2 Å². The van der Waals surface area contributed by atoms with E-state index >= 15 is 0 Å². The second kappa shape index (κ2) is 6.93. The summed E-state index contributed by atoms with van der Waals surface area (Å²) >= 11 is 0. The number of nitrogens with zero attached hydrogens (tertiary/aromatic N) is 2. The van der Waals surface area contributed by atoms with Crippen molar-refractivity contribution in [2.75, 3.05) is 6.54 Å². The molecule has 0 bridgehead atoms. The highest BCUT2D eigenvalue weighted by Gasteiger charge is 2.37. The monoisotopic (exact) mass is 337 g/mol. The number of aromatic nitrogens is 2. The average Bonchev–Trinajstić information content (AvgIpc) is 3.02. The third kappa shape index (κ3) is 3.79. The van der Waals surface area contributed by atoms with Crippen molar-refractivity contribution in [3.63, 3.8) is 0 Å². The third-order valence-corrected chi connectivity index (χ3v) is 4.49. The SMILES string of the molecule is O=C(CCc1nc(-c2ccco2)no1)NC[C@H]1C[C@H]1c1ccccc1. The maximum absolute atomic E-state index is 12.0. The second-order valence-corrected chi connectivity index (χ2v) is 6.31. The van der Waals surface area contributed by atoms with Crippen molar-refractivity contribution >= 4 is 5.91 Å². The summed E-state index contributed by atoms with van der Waals surface area (Å²) < 4.78 is 10.4. The van der Waals surface area contributed by atoms with E-state index in [1.54, 1.807) is 18.4 Å². The van der Waals surface area contributed by atoms with Crippen LogP contribution in [0.15, 0.2) is 57.7 Å². The summed E-state index contributed by atoms with van der Waals surface area (Å²) in [4.78, 5) is 16.2. The Morgan fingerprint density at radius 1 is 1.20 bits per heavy atom. The number of hydrogen-bond donors (Lipinski definition) is 1. The molecule has 6 nitrogen and oxygen atoms in total. The number of carbonyl (C=O) groups is 1. The normalized spacial score (nSPS) is 18.9. The molecular weight excluding hydrogens is 318 g/mol. The zero-order valence-corrected chi connectivity index (χ0v) is 13.7. The molecule has 0 unspecified atom stereocenters. The molecule has 2 aromatic heterocycles. The molecule has 1 fully saturated rings. The second-order valence-electron chi connectivity index (χ2n) is 6.31. The topological polar surface area (TPSA) is 81.2 Å². The zero-order chi connectivity index (χ0) is 17.1. The predicted molar refractivity (Wildman–Crippen MR) is 90.6 cm³/mol. The van der Waals surface area contributed by atoms with Crippen LogP contribution in [0, 0.1) is 5.92 Å². The van der Waals surface area contributed by atoms with Gasteiger partial charge in [-0.2, -0.15) is 4.98 Å². The molecule has 1 N–H and O–H groups in total. The minimum atomic E-state index is 0.0106. The van der Waals surface area contributed by atoms with E-state index < -0.39 is 0 Å². The van der Waals surface area contributed by atoms with E-state index in [4.69, 9.17) is 8.94 Å². The maximum Gasteiger partial charge on any atom is 0.238 e. The number of amides is 1. The molecule has 1 aromatic carbocycles. The van der Waals surface area contributed by atoms with Crippen molar-refractivity contribution in [3.05, 3.63) is 60.2 Å². The molecule has 1 saturated carbocycles. The Labute approximate surface area is 145 Å². The van der Waals surface area contributed by atoms with Crippen LogP contribution in [-0.4, -0.2) is 22.6 Å². The van der Waals surface area contributed by atoms with Crippen LogP contribution in [0.3, 0.4) is 0 Å². The number of carbonyl (C=O) groups excluding carboxylic acids is 1. The zero-order valence-electron chi connectivity index (χ0n) is 13.7. The van der Waals surface area contributed by atoms with Crippen LogP contribution in [0.4, 0.5) is 0 Å². The van der Waals surface area contributed by atoms with Gasteiger partial charge >= 0.3 is 0 Å². The lowest BCUT2D eigenvalue weighted by Crippen LogP contribution is -2.26. The number of rotatable bonds is 7. The molecule has 25 heavy (non-hydrogen) atoms. The number of furan rings is 1. The quantitative estimate of drug-likeness (QED) is 0.716. The molecule has 128 valence electrons. The first-order valence-electron chi connectivity index (χ1n) is 8.47. The first-order valence-corrected chi connectivity index (χ1v) is 8.47. The van der Waals surface area contributed by atoms with E-state index in [2.05, 4.69) is 39.7 Å².